The predicted octanol–water partition coefficient (Wildman–Crippen LogP) is 3.94. The van der Waals surface area contributed by atoms with Crippen molar-refractivity contribution >= 4 is 17.3 Å². The quantitative estimate of drug-likeness (QED) is 0.547. The van der Waals surface area contributed by atoms with Crippen molar-refractivity contribution in [2.45, 2.75) is 53.2 Å². The van der Waals surface area contributed by atoms with E-state index in [9.17, 15) is 0 Å². The van der Waals surface area contributed by atoms with Crippen LogP contribution in [0.1, 0.15) is 47.7 Å². The summed E-state index contributed by atoms with van der Waals surface area (Å²) < 4.78 is 0. The summed E-state index contributed by atoms with van der Waals surface area (Å²) in [6, 6.07) is 8.72. The Kier molecular flexibility index (Phi) is 7.86. The van der Waals surface area contributed by atoms with E-state index in [4.69, 9.17) is 4.99 Å². The molecule has 1 saturated heterocycles. The fourth-order valence-corrected chi connectivity index (χ4v) is 4.41. The Morgan fingerprint density at radius 1 is 1.29 bits per heavy atom. The molecule has 28 heavy (non-hydrogen) atoms. The number of thiazole rings is 1. The lowest BCUT2D eigenvalue weighted by Crippen LogP contribution is -2.36. The van der Waals surface area contributed by atoms with E-state index >= 15 is 0 Å². The largest absolute Gasteiger partial charge is 0.357 e. The molecular weight excluding hydrogens is 366 g/mol. The first-order chi connectivity index (χ1) is 13.6. The fourth-order valence-electron chi connectivity index (χ4n) is 3.69. The van der Waals surface area contributed by atoms with Crippen LogP contribution < -0.4 is 10.6 Å². The molecule has 1 unspecified atom stereocenters. The number of aryl methyl sites for hydroxylation is 1. The molecule has 2 heterocycles. The van der Waals surface area contributed by atoms with Crippen molar-refractivity contribution in [1.29, 1.82) is 0 Å². The van der Waals surface area contributed by atoms with E-state index in [-0.39, 0.29) is 0 Å². The average Bonchev–Trinajstić information content (AvgIpc) is 3.10. The molecule has 6 heteroatoms. The van der Waals surface area contributed by atoms with Crippen molar-refractivity contribution < 1.29 is 0 Å². The van der Waals surface area contributed by atoms with Crippen molar-refractivity contribution in [2.75, 3.05) is 19.6 Å². The zero-order valence-corrected chi connectivity index (χ0v) is 18.2. The highest BCUT2D eigenvalue weighted by atomic mass is 32.1. The van der Waals surface area contributed by atoms with Gasteiger partial charge in [0.05, 0.1) is 13.1 Å². The van der Waals surface area contributed by atoms with Crippen LogP contribution in [0.15, 0.2) is 35.5 Å². The number of piperidine rings is 1. The van der Waals surface area contributed by atoms with E-state index in [1.807, 2.05) is 6.20 Å². The van der Waals surface area contributed by atoms with E-state index in [2.05, 4.69) is 65.6 Å². The van der Waals surface area contributed by atoms with Crippen LogP contribution in [0.5, 0.6) is 0 Å². The van der Waals surface area contributed by atoms with Crippen LogP contribution in [0, 0.1) is 12.8 Å². The lowest BCUT2D eigenvalue weighted by atomic mass is 9.99. The number of aromatic nitrogens is 1. The van der Waals surface area contributed by atoms with Crippen LogP contribution in [0.3, 0.4) is 0 Å². The number of rotatable bonds is 7. The summed E-state index contributed by atoms with van der Waals surface area (Å²) >= 11 is 1.72. The van der Waals surface area contributed by atoms with E-state index in [1.165, 1.54) is 41.9 Å². The van der Waals surface area contributed by atoms with Gasteiger partial charge in [0.2, 0.25) is 0 Å². The third-order valence-electron chi connectivity index (χ3n) is 5.08. The molecule has 1 aromatic carbocycles. The Labute approximate surface area is 173 Å². The number of aliphatic imine (C=N–C) groups is 1. The minimum Gasteiger partial charge on any atom is -0.357 e. The second kappa shape index (κ2) is 10.6. The number of hydrogen-bond acceptors (Lipinski definition) is 4. The van der Waals surface area contributed by atoms with Crippen LogP contribution in [0.4, 0.5) is 0 Å². The van der Waals surface area contributed by atoms with Gasteiger partial charge < -0.3 is 10.6 Å². The first kappa shape index (κ1) is 20.8. The normalized spacial score (nSPS) is 18.2. The number of nitrogens with zero attached hydrogens (tertiary/aromatic N) is 3. The lowest BCUT2D eigenvalue weighted by molar-refractivity contribution is 0.176. The van der Waals surface area contributed by atoms with Gasteiger partial charge in [-0.15, -0.1) is 11.3 Å². The molecule has 0 amide bonds. The summed E-state index contributed by atoms with van der Waals surface area (Å²) in [6.45, 7) is 12.2. The molecule has 3 rings (SSSR count). The summed E-state index contributed by atoms with van der Waals surface area (Å²) in [4.78, 5) is 13.1. The predicted molar refractivity (Wildman–Crippen MR) is 119 cm³/mol. The third kappa shape index (κ3) is 6.31. The maximum Gasteiger partial charge on any atom is 0.191 e. The molecule has 152 valence electrons. The molecule has 2 N–H and O–H groups in total. The highest BCUT2D eigenvalue weighted by Gasteiger charge is 2.17. The van der Waals surface area contributed by atoms with E-state index < -0.39 is 0 Å². The first-order valence-electron chi connectivity index (χ1n) is 10.4. The van der Waals surface area contributed by atoms with Gasteiger partial charge in [-0.2, -0.15) is 0 Å². The zero-order valence-electron chi connectivity index (χ0n) is 17.4. The maximum atomic E-state index is 4.83. The van der Waals surface area contributed by atoms with Crippen LogP contribution in [0.2, 0.25) is 0 Å². The van der Waals surface area contributed by atoms with E-state index in [0.717, 1.165) is 30.0 Å². The number of hydrogen-bond donors (Lipinski definition) is 2. The van der Waals surface area contributed by atoms with Gasteiger partial charge >= 0.3 is 0 Å². The van der Waals surface area contributed by atoms with Gasteiger partial charge in [0, 0.05) is 30.7 Å². The van der Waals surface area contributed by atoms with Gasteiger partial charge in [0.1, 0.15) is 5.01 Å². The van der Waals surface area contributed by atoms with Crippen LogP contribution in [0.25, 0.3) is 0 Å². The number of nitrogens with one attached hydrogen (secondary N) is 2. The smallest absolute Gasteiger partial charge is 0.191 e. The van der Waals surface area contributed by atoms with Crippen molar-refractivity contribution in [3.8, 4) is 0 Å². The Balaban J connectivity index is 1.63. The average molecular weight is 400 g/mol. The summed E-state index contributed by atoms with van der Waals surface area (Å²) in [5.74, 6) is 1.65. The minimum absolute atomic E-state index is 0.686. The number of likely N-dealkylation sites (tertiary alicyclic amines) is 1. The highest BCUT2D eigenvalue weighted by Crippen LogP contribution is 2.20. The zero-order chi connectivity index (χ0) is 19.8. The highest BCUT2D eigenvalue weighted by molar-refractivity contribution is 7.11. The lowest BCUT2D eigenvalue weighted by Gasteiger charge is -2.31. The summed E-state index contributed by atoms with van der Waals surface area (Å²) in [5.41, 5.74) is 2.70. The van der Waals surface area contributed by atoms with Crippen molar-refractivity contribution in [1.82, 2.24) is 20.5 Å². The Morgan fingerprint density at radius 2 is 2.11 bits per heavy atom. The Hall–Kier alpha value is -1.92. The molecule has 5 nitrogen and oxygen atoms in total. The molecule has 0 bridgehead atoms. The second-order valence-electron chi connectivity index (χ2n) is 7.66. The van der Waals surface area contributed by atoms with Gasteiger partial charge in [0.15, 0.2) is 5.96 Å². The summed E-state index contributed by atoms with van der Waals surface area (Å²) in [7, 11) is 0. The maximum absolute atomic E-state index is 4.83. The topological polar surface area (TPSA) is 52.6 Å². The standard InChI is InChI=1S/C22H33N5S/c1-4-23-22(26-14-21-24-12-18(3)28-21)25-13-19-9-5-6-10-20(19)16-27-11-7-8-17(2)15-27/h5-6,9-10,12,17H,4,7-8,11,13-16H2,1-3H3,(H2,23,25,26). The van der Waals surface area contributed by atoms with E-state index in [1.54, 1.807) is 11.3 Å². The Morgan fingerprint density at radius 3 is 2.82 bits per heavy atom. The van der Waals surface area contributed by atoms with Gasteiger partial charge in [-0.3, -0.25) is 4.90 Å². The van der Waals surface area contributed by atoms with Crippen LogP contribution in [-0.2, 0) is 19.6 Å². The minimum atomic E-state index is 0.686. The van der Waals surface area contributed by atoms with Crippen LogP contribution in [-0.4, -0.2) is 35.5 Å². The number of benzene rings is 1. The molecular formula is C22H33N5S. The molecule has 1 aliphatic rings. The SMILES string of the molecule is CCNC(=NCc1ccccc1CN1CCCC(C)C1)NCc1ncc(C)s1. The fraction of sp³-hybridized carbons (Fsp3) is 0.545. The molecule has 1 atom stereocenters. The van der Waals surface area contributed by atoms with Gasteiger partial charge in [-0.1, -0.05) is 31.2 Å². The molecule has 0 radical (unpaired) electrons. The van der Waals surface area contributed by atoms with Crippen molar-refractivity contribution in [3.63, 3.8) is 0 Å². The van der Waals surface area contributed by atoms with Gasteiger partial charge in [-0.05, 0) is 50.3 Å². The number of guanidine groups is 1. The van der Waals surface area contributed by atoms with E-state index in [0.29, 0.717) is 13.1 Å². The van der Waals surface area contributed by atoms with Crippen molar-refractivity contribution in [2.24, 2.45) is 10.9 Å². The summed E-state index contributed by atoms with van der Waals surface area (Å²) in [6.07, 6.45) is 4.59. The molecule has 1 aromatic heterocycles. The molecule has 0 spiro atoms. The molecule has 0 aliphatic carbocycles. The molecule has 0 saturated carbocycles. The molecule has 2 aromatic rings. The van der Waals surface area contributed by atoms with Crippen LogP contribution >= 0.6 is 11.3 Å². The van der Waals surface area contributed by atoms with Crippen molar-refractivity contribution in [3.05, 3.63) is 51.5 Å². The first-order valence-corrected chi connectivity index (χ1v) is 11.2. The Bertz CT molecular complexity index is 770. The van der Waals surface area contributed by atoms with Gasteiger partial charge in [-0.25, -0.2) is 9.98 Å². The molecule has 1 fully saturated rings. The second-order valence-corrected chi connectivity index (χ2v) is 8.98. The third-order valence-corrected chi connectivity index (χ3v) is 5.99. The van der Waals surface area contributed by atoms with Gasteiger partial charge in [0.25, 0.3) is 0 Å². The monoisotopic (exact) mass is 399 g/mol. The molecule has 1 aliphatic heterocycles. The summed E-state index contributed by atoms with van der Waals surface area (Å²) in [5, 5.41) is 7.83.